The molecule has 0 saturated carbocycles. The Bertz CT molecular complexity index is 893. The summed E-state index contributed by atoms with van der Waals surface area (Å²) in [4.78, 5) is 22.9. The first kappa shape index (κ1) is 15.6. The molecule has 1 saturated heterocycles. The highest BCUT2D eigenvalue weighted by Gasteiger charge is 2.28. The Balaban J connectivity index is 1.71. The molecule has 1 unspecified atom stereocenters. The van der Waals surface area contributed by atoms with Crippen molar-refractivity contribution in [3.05, 3.63) is 42.9 Å². The lowest BCUT2D eigenvalue weighted by Gasteiger charge is -2.32. The minimum atomic E-state index is -0.157. The number of rotatable bonds is 3. The van der Waals surface area contributed by atoms with Crippen molar-refractivity contribution in [2.24, 2.45) is 5.92 Å². The zero-order valence-electron chi connectivity index (χ0n) is 14.0. The average molecular weight is 337 g/mol. The van der Waals surface area contributed by atoms with Gasteiger partial charge in [0.25, 0.3) is 0 Å². The van der Waals surface area contributed by atoms with Gasteiger partial charge in [-0.05, 0) is 25.0 Å². The third kappa shape index (κ3) is 2.82. The van der Waals surface area contributed by atoms with Crippen LogP contribution in [0.15, 0.2) is 42.9 Å². The molecule has 0 spiro atoms. The van der Waals surface area contributed by atoms with E-state index in [0.29, 0.717) is 6.54 Å². The van der Waals surface area contributed by atoms with E-state index in [9.17, 15) is 4.79 Å². The SMILES string of the molecule is COC(=O)C1CCCN(c2ncnc3c2cnn3-c2ccccc2)C1. The van der Waals surface area contributed by atoms with Crippen molar-refractivity contribution in [2.75, 3.05) is 25.1 Å². The number of anilines is 1. The van der Waals surface area contributed by atoms with E-state index >= 15 is 0 Å². The maximum atomic E-state index is 11.9. The molecule has 2 aromatic heterocycles. The predicted octanol–water partition coefficient (Wildman–Crippen LogP) is 2.20. The monoisotopic (exact) mass is 337 g/mol. The van der Waals surface area contributed by atoms with Crippen LogP contribution in [0.5, 0.6) is 0 Å². The van der Waals surface area contributed by atoms with Gasteiger partial charge in [-0.15, -0.1) is 0 Å². The molecule has 0 aliphatic carbocycles. The van der Waals surface area contributed by atoms with Crippen LogP contribution in [-0.2, 0) is 9.53 Å². The maximum absolute atomic E-state index is 11.9. The molecule has 0 amide bonds. The first-order valence-electron chi connectivity index (χ1n) is 8.35. The van der Waals surface area contributed by atoms with Crippen LogP contribution < -0.4 is 4.90 Å². The Kier molecular flexibility index (Phi) is 4.05. The number of ether oxygens (including phenoxy) is 1. The van der Waals surface area contributed by atoms with Crippen molar-refractivity contribution in [3.63, 3.8) is 0 Å². The van der Waals surface area contributed by atoms with Crippen LogP contribution in [0.2, 0.25) is 0 Å². The number of benzene rings is 1. The van der Waals surface area contributed by atoms with Crippen molar-refractivity contribution >= 4 is 22.8 Å². The van der Waals surface area contributed by atoms with Crippen molar-refractivity contribution in [2.45, 2.75) is 12.8 Å². The molecule has 7 nitrogen and oxygen atoms in total. The number of carbonyl (C=O) groups is 1. The van der Waals surface area contributed by atoms with Crippen LogP contribution in [0.1, 0.15) is 12.8 Å². The topological polar surface area (TPSA) is 73.1 Å². The normalized spacial score (nSPS) is 17.6. The second-order valence-electron chi connectivity index (χ2n) is 6.13. The summed E-state index contributed by atoms with van der Waals surface area (Å²) in [6.07, 6.45) is 5.12. The summed E-state index contributed by atoms with van der Waals surface area (Å²) in [5, 5.41) is 5.37. The molecule has 3 aromatic rings. The number of carbonyl (C=O) groups excluding carboxylic acids is 1. The van der Waals surface area contributed by atoms with Gasteiger partial charge in [0.15, 0.2) is 5.65 Å². The standard InChI is InChI=1S/C18H19N5O2/c1-25-18(24)13-6-5-9-22(11-13)16-15-10-21-23(17(15)20-12-19-16)14-7-3-2-4-8-14/h2-4,7-8,10,12-13H,5-6,9,11H2,1H3. The summed E-state index contributed by atoms with van der Waals surface area (Å²) in [6.45, 7) is 1.46. The third-order valence-corrected chi connectivity index (χ3v) is 4.60. The van der Waals surface area contributed by atoms with E-state index in [4.69, 9.17) is 4.74 Å². The van der Waals surface area contributed by atoms with Gasteiger partial charge in [-0.1, -0.05) is 18.2 Å². The summed E-state index contributed by atoms with van der Waals surface area (Å²) in [5.41, 5.74) is 1.71. The van der Waals surface area contributed by atoms with Gasteiger partial charge in [0.2, 0.25) is 0 Å². The Labute approximate surface area is 145 Å². The Morgan fingerprint density at radius 1 is 1.24 bits per heavy atom. The smallest absolute Gasteiger partial charge is 0.310 e. The van der Waals surface area contributed by atoms with E-state index in [-0.39, 0.29) is 11.9 Å². The number of esters is 1. The average Bonchev–Trinajstić information content (AvgIpc) is 3.12. The lowest BCUT2D eigenvalue weighted by Crippen LogP contribution is -2.39. The number of piperidine rings is 1. The van der Waals surface area contributed by atoms with Gasteiger partial charge in [-0.3, -0.25) is 4.79 Å². The van der Waals surface area contributed by atoms with Gasteiger partial charge in [0.05, 0.1) is 30.3 Å². The van der Waals surface area contributed by atoms with E-state index in [0.717, 1.165) is 41.9 Å². The van der Waals surface area contributed by atoms with Gasteiger partial charge >= 0.3 is 5.97 Å². The van der Waals surface area contributed by atoms with Gasteiger partial charge in [0.1, 0.15) is 12.1 Å². The summed E-state index contributed by atoms with van der Waals surface area (Å²) >= 11 is 0. The largest absolute Gasteiger partial charge is 0.469 e. The van der Waals surface area contributed by atoms with Crippen molar-refractivity contribution < 1.29 is 9.53 Å². The molecule has 0 radical (unpaired) electrons. The second kappa shape index (κ2) is 6.51. The highest BCUT2D eigenvalue weighted by Crippen LogP contribution is 2.28. The molecular weight excluding hydrogens is 318 g/mol. The molecule has 1 atom stereocenters. The summed E-state index contributed by atoms with van der Waals surface area (Å²) in [5.74, 6) is 0.545. The number of methoxy groups -OCH3 is 1. The van der Waals surface area contributed by atoms with E-state index in [2.05, 4.69) is 20.0 Å². The first-order chi connectivity index (χ1) is 12.3. The highest BCUT2D eigenvalue weighted by atomic mass is 16.5. The van der Waals surface area contributed by atoms with E-state index in [1.54, 1.807) is 12.5 Å². The van der Waals surface area contributed by atoms with Crippen LogP contribution in [-0.4, -0.2) is 45.9 Å². The number of fused-ring (bicyclic) bond motifs is 1. The minimum absolute atomic E-state index is 0.118. The molecule has 3 heterocycles. The molecule has 4 rings (SSSR count). The molecule has 7 heteroatoms. The van der Waals surface area contributed by atoms with Crippen LogP contribution in [0, 0.1) is 5.92 Å². The summed E-state index contributed by atoms with van der Waals surface area (Å²) in [7, 11) is 1.44. The fraction of sp³-hybridized carbons (Fsp3) is 0.333. The molecular formula is C18H19N5O2. The number of para-hydroxylation sites is 1. The molecule has 0 N–H and O–H groups in total. The van der Waals surface area contributed by atoms with Crippen molar-refractivity contribution in [1.82, 2.24) is 19.7 Å². The molecule has 25 heavy (non-hydrogen) atoms. The number of nitrogens with zero attached hydrogens (tertiary/aromatic N) is 5. The van der Waals surface area contributed by atoms with Crippen LogP contribution in [0.3, 0.4) is 0 Å². The lowest BCUT2D eigenvalue weighted by molar-refractivity contribution is -0.145. The van der Waals surface area contributed by atoms with E-state index in [1.165, 1.54) is 7.11 Å². The second-order valence-corrected chi connectivity index (χ2v) is 6.13. The predicted molar refractivity (Wildman–Crippen MR) is 93.6 cm³/mol. The quantitative estimate of drug-likeness (QED) is 0.682. The van der Waals surface area contributed by atoms with E-state index < -0.39 is 0 Å². The van der Waals surface area contributed by atoms with Crippen LogP contribution in [0.4, 0.5) is 5.82 Å². The Hall–Kier alpha value is -2.96. The Morgan fingerprint density at radius 3 is 2.88 bits per heavy atom. The van der Waals surface area contributed by atoms with Crippen LogP contribution in [0.25, 0.3) is 16.7 Å². The lowest BCUT2D eigenvalue weighted by atomic mass is 9.98. The van der Waals surface area contributed by atoms with Crippen molar-refractivity contribution in [3.8, 4) is 5.69 Å². The van der Waals surface area contributed by atoms with E-state index in [1.807, 2.05) is 35.0 Å². The van der Waals surface area contributed by atoms with Crippen molar-refractivity contribution in [1.29, 1.82) is 0 Å². The highest BCUT2D eigenvalue weighted by molar-refractivity contribution is 5.88. The van der Waals surface area contributed by atoms with Crippen LogP contribution >= 0.6 is 0 Å². The fourth-order valence-corrected chi connectivity index (χ4v) is 3.37. The van der Waals surface area contributed by atoms with Gasteiger partial charge in [-0.2, -0.15) is 5.10 Å². The molecule has 1 fully saturated rings. The van der Waals surface area contributed by atoms with Gasteiger partial charge < -0.3 is 9.64 Å². The Morgan fingerprint density at radius 2 is 2.08 bits per heavy atom. The number of hydrogen-bond acceptors (Lipinski definition) is 6. The zero-order valence-corrected chi connectivity index (χ0v) is 14.0. The third-order valence-electron chi connectivity index (χ3n) is 4.60. The fourth-order valence-electron chi connectivity index (χ4n) is 3.37. The minimum Gasteiger partial charge on any atom is -0.469 e. The zero-order chi connectivity index (χ0) is 17.2. The first-order valence-corrected chi connectivity index (χ1v) is 8.35. The molecule has 1 aliphatic heterocycles. The summed E-state index contributed by atoms with van der Waals surface area (Å²) < 4.78 is 6.72. The molecule has 128 valence electrons. The molecule has 1 aromatic carbocycles. The van der Waals surface area contributed by atoms with Gasteiger partial charge in [0, 0.05) is 13.1 Å². The molecule has 0 bridgehead atoms. The summed E-state index contributed by atoms with van der Waals surface area (Å²) in [6, 6.07) is 9.88. The molecule has 1 aliphatic rings. The maximum Gasteiger partial charge on any atom is 0.310 e. The number of aromatic nitrogens is 4. The van der Waals surface area contributed by atoms with Gasteiger partial charge in [-0.25, -0.2) is 14.6 Å². The number of hydrogen-bond donors (Lipinski definition) is 0.